The number of hydrogen-bond donors (Lipinski definition) is 3. The number of anilines is 2. The summed E-state index contributed by atoms with van der Waals surface area (Å²) in [5.41, 5.74) is 8.60. The second-order valence-electron chi connectivity index (χ2n) is 3.19. The van der Waals surface area contributed by atoms with Crippen LogP contribution in [0.4, 0.5) is 11.4 Å². The molecule has 3 nitrogen and oxygen atoms in total. The molecule has 78 valence electrons. The Labute approximate surface area is 92.4 Å². The van der Waals surface area contributed by atoms with Gasteiger partial charge in [0.1, 0.15) is 0 Å². The van der Waals surface area contributed by atoms with E-state index in [2.05, 4.69) is 21.2 Å². The molecular weight excluding hydrogens is 244 g/mol. The highest BCUT2D eigenvalue weighted by Crippen LogP contribution is 2.27. The molecule has 0 aliphatic carbocycles. The maximum absolute atomic E-state index is 8.64. The maximum atomic E-state index is 8.64. The normalized spacial score (nSPS) is 10.2. The van der Waals surface area contributed by atoms with Crippen LogP contribution in [0.15, 0.2) is 16.6 Å². The van der Waals surface area contributed by atoms with Crippen molar-refractivity contribution in [2.24, 2.45) is 0 Å². The van der Waals surface area contributed by atoms with Gasteiger partial charge in [0.15, 0.2) is 0 Å². The van der Waals surface area contributed by atoms with E-state index in [0.717, 1.165) is 34.4 Å². The van der Waals surface area contributed by atoms with Gasteiger partial charge in [0.2, 0.25) is 0 Å². The van der Waals surface area contributed by atoms with Crippen molar-refractivity contribution >= 4 is 27.3 Å². The third kappa shape index (κ3) is 2.89. The van der Waals surface area contributed by atoms with Gasteiger partial charge in [0.25, 0.3) is 0 Å². The minimum Gasteiger partial charge on any atom is -0.398 e. The van der Waals surface area contributed by atoms with Crippen molar-refractivity contribution < 1.29 is 5.11 Å². The van der Waals surface area contributed by atoms with Crippen LogP contribution in [0.5, 0.6) is 0 Å². The summed E-state index contributed by atoms with van der Waals surface area (Å²) in [7, 11) is 0. The fourth-order valence-corrected chi connectivity index (χ4v) is 1.64. The number of nitrogens with one attached hydrogen (secondary N) is 1. The molecule has 1 aromatic carbocycles. The van der Waals surface area contributed by atoms with Gasteiger partial charge in [0.05, 0.1) is 0 Å². The van der Waals surface area contributed by atoms with Crippen molar-refractivity contribution in [3.63, 3.8) is 0 Å². The number of aliphatic hydroxyl groups excluding tert-OH is 1. The van der Waals surface area contributed by atoms with Crippen LogP contribution in [-0.4, -0.2) is 18.3 Å². The molecule has 0 amide bonds. The lowest BCUT2D eigenvalue weighted by molar-refractivity contribution is 0.292. The van der Waals surface area contributed by atoms with E-state index < -0.39 is 0 Å². The first-order valence-electron chi connectivity index (χ1n) is 4.55. The summed E-state index contributed by atoms with van der Waals surface area (Å²) >= 11 is 3.43. The highest BCUT2D eigenvalue weighted by Gasteiger charge is 2.02. The van der Waals surface area contributed by atoms with Gasteiger partial charge in [-0.25, -0.2) is 0 Å². The standard InChI is InChI=1S/C10H15BrN2O/c1-7-5-10(13-3-2-4-14)8(11)6-9(7)12/h5-6,13-14H,2-4,12H2,1H3. The molecule has 0 saturated heterocycles. The second-order valence-corrected chi connectivity index (χ2v) is 4.05. The fourth-order valence-electron chi connectivity index (χ4n) is 1.13. The molecule has 1 rings (SSSR count). The molecule has 0 aliphatic heterocycles. The molecule has 0 radical (unpaired) electrons. The first kappa shape index (κ1) is 11.3. The number of aryl methyl sites for hydroxylation is 1. The average Bonchev–Trinajstić information content (AvgIpc) is 2.14. The topological polar surface area (TPSA) is 58.3 Å². The van der Waals surface area contributed by atoms with Gasteiger partial charge in [-0.1, -0.05) is 0 Å². The van der Waals surface area contributed by atoms with E-state index in [-0.39, 0.29) is 6.61 Å². The average molecular weight is 259 g/mol. The summed E-state index contributed by atoms with van der Waals surface area (Å²) in [6, 6.07) is 3.88. The summed E-state index contributed by atoms with van der Waals surface area (Å²) in [6.07, 6.45) is 0.746. The molecule has 0 heterocycles. The van der Waals surface area contributed by atoms with Crippen LogP contribution in [0, 0.1) is 6.92 Å². The van der Waals surface area contributed by atoms with Gasteiger partial charge < -0.3 is 16.2 Å². The van der Waals surface area contributed by atoms with Crippen molar-refractivity contribution in [3.8, 4) is 0 Å². The Balaban J connectivity index is 2.72. The Morgan fingerprint density at radius 3 is 2.86 bits per heavy atom. The largest absolute Gasteiger partial charge is 0.398 e. The van der Waals surface area contributed by atoms with Gasteiger partial charge >= 0.3 is 0 Å². The van der Waals surface area contributed by atoms with E-state index in [4.69, 9.17) is 10.8 Å². The summed E-state index contributed by atoms with van der Waals surface area (Å²) in [5, 5.41) is 11.9. The molecule has 0 aliphatic rings. The minimum atomic E-state index is 0.207. The van der Waals surface area contributed by atoms with Crippen molar-refractivity contribution in [1.29, 1.82) is 0 Å². The number of aliphatic hydroxyl groups is 1. The SMILES string of the molecule is Cc1cc(NCCCO)c(Br)cc1N. The Hall–Kier alpha value is -0.740. The van der Waals surface area contributed by atoms with E-state index in [0.29, 0.717) is 0 Å². The Kier molecular flexibility index (Phi) is 4.22. The van der Waals surface area contributed by atoms with E-state index in [9.17, 15) is 0 Å². The summed E-state index contributed by atoms with van der Waals surface area (Å²) in [6.45, 7) is 2.94. The Morgan fingerprint density at radius 2 is 2.21 bits per heavy atom. The van der Waals surface area contributed by atoms with Crippen LogP contribution in [0.1, 0.15) is 12.0 Å². The third-order valence-corrected chi connectivity index (χ3v) is 2.66. The molecule has 0 spiro atoms. The van der Waals surface area contributed by atoms with Crippen molar-refractivity contribution in [3.05, 3.63) is 22.2 Å². The molecule has 0 saturated carbocycles. The number of benzene rings is 1. The van der Waals surface area contributed by atoms with Gasteiger partial charge in [-0.2, -0.15) is 0 Å². The van der Waals surface area contributed by atoms with Crippen LogP contribution < -0.4 is 11.1 Å². The van der Waals surface area contributed by atoms with Crippen LogP contribution in [0.3, 0.4) is 0 Å². The van der Waals surface area contributed by atoms with Crippen molar-refractivity contribution in [2.75, 3.05) is 24.2 Å². The molecule has 4 N–H and O–H groups in total. The van der Waals surface area contributed by atoms with E-state index in [1.165, 1.54) is 0 Å². The molecule has 0 unspecified atom stereocenters. The molecule has 4 heteroatoms. The lowest BCUT2D eigenvalue weighted by atomic mass is 10.2. The molecule has 0 aromatic heterocycles. The molecule has 0 bridgehead atoms. The lowest BCUT2D eigenvalue weighted by Crippen LogP contribution is -2.04. The zero-order chi connectivity index (χ0) is 10.6. The van der Waals surface area contributed by atoms with Crippen molar-refractivity contribution in [1.82, 2.24) is 0 Å². The summed E-state index contributed by atoms with van der Waals surface area (Å²) < 4.78 is 0.957. The zero-order valence-electron chi connectivity index (χ0n) is 8.18. The number of nitrogen functional groups attached to an aromatic ring is 1. The molecule has 0 fully saturated rings. The van der Waals surface area contributed by atoms with Gasteiger partial charge in [-0.05, 0) is 47.0 Å². The zero-order valence-corrected chi connectivity index (χ0v) is 9.76. The van der Waals surface area contributed by atoms with Crippen LogP contribution in [0.2, 0.25) is 0 Å². The van der Waals surface area contributed by atoms with Crippen LogP contribution >= 0.6 is 15.9 Å². The molecule has 14 heavy (non-hydrogen) atoms. The summed E-state index contributed by atoms with van der Waals surface area (Å²) in [4.78, 5) is 0. The maximum Gasteiger partial charge on any atom is 0.0488 e. The summed E-state index contributed by atoms with van der Waals surface area (Å²) in [5.74, 6) is 0. The van der Waals surface area contributed by atoms with Crippen LogP contribution in [-0.2, 0) is 0 Å². The van der Waals surface area contributed by atoms with E-state index >= 15 is 0 Å². The van der Waals surface area contributed by atoms with Gasteiger partial charge in [0, 0.05) is 29.0 Å². The minimum absolute atomic E-state index is 0.207. The number of halogens is 1. The monoisotopic (exact) mass is 258 g/mol. The van der Waals surface area contributed by atoms with Gasteiger partial charge in [-0.3, -0.25) is 0 Å². The lowest BCUT2D eigenvalue weighted by Gasteiger charge is -2.10. The Morgan fingerprint density at radius 1 is 1.50 bits per heavy atom. The third-order valence-electron chi connectivity index (χ3n) is 2.01. The fraction of sp³-hybridized carbons (Fsp3) is 0.400. The van der Waals surface area contributed by atoms with E-state index in [1.807, 2.05) is 19.1 Å². The predicted molar refractivity (Wildman–Crippen MR) is 63.5 cm³/mol. The van der Waals surface area contributed by atoms with Gasteiger partial charge in [-0.15, -0.1) is 0 Å². The smallest absolute Gasteiger partial charge is 0.0488 e. The number of hydrogen-bond acceptors (Lipinski definition) is 3. The molecule has 1 aromatic rings. The second kappa shape index (κ2) is 5.22. The number of nitrogens with two attached hydrogens (primary N) is 1. The highest BCUT2D eigenvalue weighted by atomic mass is 79.9. The first-order valence-corrected chi connectivity index (χ1v) is 5.35. The molecule has 0 atom stereocenters. The van der Waals surface area contributed by atoms with Crippen molar-refractivity contribution in [2.45, 2.75) is 13.3 Å². The predicted octanol–water partition coefficient (Wildman–Crippen LogP) is 2.13. The number of rotatable bonds is 4. The quantitative estimate of drug-likeness (QED) is 0.573. The first-order chi connectivity index (χ1) is 6.65. The highest BCUT2D eigenvalue weighted by molar-refractivity contribution is 9.10. The van der Waals surface area contributed by atoms with E-state index in [1.54, 1.807) is 0 Å². The molecular formula is C10H15BrN2O. The van der Waals surface area contributed by atoms with Crippen LogP contribution in [0.25, 0.3) is 0 Å². The Bertz CT molecular complexity index is 315.